The quantitative estimate of drug-likeness (QED) is 0.628. The van der Waals surface area contributed by atoms with Crippen LogP contribution in [0.5, 0.6) is 0 Å². The van der Waals surface area contributed by atoms with E-state index in [-0.39, 0.29) is 4.75 Å². The monoisotopic (exact) mass is 223 g/mol. The smallest absolute Gasteiger partial charge is 0.150 e. The standard InChI is InChI=1S/C12H17NOS/c1-12(2,3)15-13-8-10-4-6-11(9-14)7-5-10/h4-7,9,13H,8H2,1-3H3. The summed E-state index contributed by atoms with van der Waals surface area (Å²) >= 11 is 1.72. The van der Waals surface area contributed by atoms with Crippen LogP contribution < -0.4 is 4.72 Å². The van der Waals surface area contributed by atoms with Crippen molar-refractivity contribution in [1.82, 2.24) is 4.72 Å². The van der Waals surface area contributed by atoms with Crippen LogP contribution in [0.4, 0.5) is 0 Å². The molecule has 0 amide bonds. The Labute approximate surface area is 95.6 Å². The average Bonchev–Trinajstić information content (AvgIpc) is 2.17. The molecule has 0 fully saturated rings. The van der Waals surface area contributed by atoms with Crippen LogP contribution in [-0.4, -0.2) is 11.0 Å². The van der Waals surface area contributed by atoms with Gasteiger partial charge in [-0.15, -0.1) is 0 Å². The van der Waals surface area contributed by atoms with Crippen LogP contribution in [-0.2, 0) is 6.54 Å². The van der Waals surface area contributed by atoms with Crippen LogP contribution in [0.15, 0.2) is 24.3 Å². The fourth-order valence-electron chi connectivity index (χ4n) is 1.05. The van der Waals surface area contributed by atoms with Gasteiger partial charge in [0.05, 0.1) is 0 Å². The highest BCUT2D eigenvalue weighted by Gasteiger charge is 2.09. The molecule has 0 aromatic heterocycles. The van der Waals surface area contributed by atoms with Crippen molar-refractivity contribution in [3.63, 3.8) is 0 Å². The van der Waals surface area contributed by atoms with Crippen LogP contribution in [0, 0.1) is 0 Å². The highest BCUT2D eigenvalue weighted by Crippen LogP contribution is 2.19. The molecule has 0 unspecified atom stereocenters. The normalized spacial score (nSPS) is 11.4. The first-order valence-corrected chi connectivity index (χ1v) is 5.78. The van der Waals surface area contributed by atoms with Crippen LogP contribution in [0.25, 0.3) is 0 Å². The Morgan fingerprint density at radius 3 is 2.33 bits per heavy atom. The van der Waals surface area contributed by atoms with Gasteiger partial charge in [0.25, 0.3) is 0 Å². The van der Waals surface area contributed by atoms with E-state index in [0.717, 1.165) is 18.4 Å². The SMILES string of the molecule is CC(C)(C)SNCc1ccc(C=O)cc1. The lowest BCUT2D eigenvalue weighted by molar-refractivity contribution is 0.112. The summed E-state index contributed by atoms with van der Waals surface area (Å²) < 4.78 is 3.53. The molecule has 82 valence electrons. The minimum Gasteiger partial charge on any atom is -0.298 e. The van der Waals surface area contributed by atoms with Gasteiger partial charge in [-0.25, -0.2) is 0 Å². The zero-order valence-electron chi connectivity index (χ0n) is 9.41. The fourth-order valence-corrected chi connectivity index (χ4v) is 1.72. The number of hydrogen-bond acceptors (Lipinski definition) is 3. The minimum atomic E-state index is 0.225. The van der Waals surface area contributed by atoms with Gasteiger partial charge in [-0.3, -0.25) is 9.52 Å². The first-order chi connectivity index (χ1) is 7.01. The zero-order valence-corrected chi connectivity index (χ0v) is 10.2. The molecule has 1 N–H and O–H groups in total. The van der Waals surface area contributed by atoms with E-state index < -0.39 is 0 Å². The summed E-state index contributed by atoms with van der Waals surface area (Å²) in [6.07, 6.45) is 0.862. The third-order valence-corrected chi connectivity index (χ3v) is 2.67. The van der Waals surface area contributed by atoms with Crippen molar-refractivity contribution in [2.75, 3.05) is 0 Å². The number of hydrogen-bond donors (Lipinski definition) is 1. The maximum absolute atomic E-state index is 10.4. The molecule has 0 aliphatic rings. The first-order valence-electron chi connectivity index (χ1n) is 4.96. The molecule has 0 aliphatic heterocycles. The number of carbonyl (C=O) groups excluding carboxylic acids is 1. The molecule has 0 atom stereocenters. The minimum absolute atomic E-state index is 0.225. The lowest BCUT2D eigenvalue weighted by atomic mass is 10.1. The largest absolute Gasteiger partial charge is 0.298 e. The predicted molar refractivity (Wildman–Crippen MR) is 66.0 cm³/mol. The van der Waals surface area contributed by atoms with E-state index in [4.69, 9.17) is 0 Å². The third-order valence-electron chi connectivity index (χ3n) is 1.77. The molecule has 2 nitrogen and oxygen atoms in total. The molecular weight excluding hydrogens is 206 g/mol. The van der Waals surface area contributed by atoms with E-state index in [9.17, 15) is 4.79 Å². The van der Waals surface area contributed by atoms with E-state index in [1.165, 1.54) is 5.56 Å². The molecule has 1 aromatic carbocycles. The van der Waals surface area contributed by atoms with E-state index in [1.807, 2.05) is 24.3 Å². The summed E-state index contributed by atoms with van der Waals surface area (Å²) in [6.45, 7) is 7.32. The number of carbonyl (C=O) groups is 1. The lowest BCUT2D eigenvalue weighted by Gasteiger charge is -2.17. The molecule has 0 spiro atoms. The molecule has 1 aromatic rings. The molecule has 0 saturated heterocycles. The lowest BCUT2D eigenvalue weighted by Crippen LogP contribution is -2.16. The Balaban J connectivity index is 2.41. The highest BCUT2D eigenvalue weighted by atomic mass is 32.2. The van der Waals surface area contributed by atoms with E-state index in [1.54, 1.807) is 11.9 Å². The molecular formula is C12H17NOS. The Bertz CT molecular complexity index is 313. The molecule has 3 heteroatoms. The molecule has 0 aliphatic carbocycles. The van der Waals surface area contributed by atoms with Gasteiger partial charge in [0, 0.05) is 16.9 Å². The molecule has 0 heterocycles. The van der Waals surface area contributed by atoms with Gasteiger partial charge in [0.2, 0.25) is 0 Å². The first kappa shape index (κ1) is 12.3. The second-order valence-electron chi connectivity index (χ2n) is 4.39. The van der Waals surface area contributed by atoms with Crippen molar-refractivity contribution in [1.29, 1.82) is 0 Å². The van der Waals surface area contributed by atoms with Crippen LogP contribution in [0.2, 0.25) is 0 Å². The Morgan fingerprint density at radius 1 is 1.27 bits per heavy atom. The molecule has 0 radical (unpaired) electrons. The average molecular weight is 223 g/mol. The van der Waals surface area contributed by atoms with Crippen molar-refractivity contribution >= 4 is 18.2 Å². The van der Waals surface area contributed by atoms with Crippen LogP contribution in [0.3, 0.4) is 0 Å². The topological polar surface area (TPSA) is 29.1 Å². The van der Waals surface area contributed by atoms with Crippen LogP contribution in [0.1, 0.15) is 36.7 Å². The number of nitrogens with one attached hydrogen (secondary N) is 1. The summed E-state index contributed by atoms with van der Waals surface area (Å²) in [5.41, 5.74) is 1.92. The maximum atomic E-state index is 10.4. The Morgan fingerprint density at radius 2 is 1.87 bits per heavy atom. The predicted octanol–water partition coefficient (Wildman–Crippen LogP) is 3.04. The van der Waals surface area contributed by atoms with Gasteiger partial charge < -0.3 is 0 Å². The van der Waals surface area contributed by atoms with Crippen molar-refractivity contribution in [3.8, 4) is 0 Å². The number of rotatable bonds is 4. The third kappa shape index (κ3) is 5.00. The second kappa shape index (κ2) is 5.33. The summed E-state index contributed by atoms with van der Waals surface area (Å²) in [6, 6.07) is 7.62. The summed E-state index contributed by atoms with van der Waals surface area (Å²) in [5.74, 6) is 0. The maximum Gasteiger partial charge on any atom is 0.150 e. The highest BCUT2D eigenvalue weighted by molar-refractivity contribution is 7.98. The van der Waals surface area contributed by atoms with Gasteiger partial charge in [-0.05, 0) is 26.3 Å². The van der Waals surface area contributed by atoms with Gasteiger partial charge in [0.15, 0.2) is 0 Å². The van der Waals surface area contributed by atoms with Gasteiger partial charge in [-0.1, -0.05) is 36.2 Å². The molecule has 1 rings (SSSR count). The van der Waals surface area contributed by atoms with Crippen LogP contribution >= 0.6 is 11.9 Å². The Hall–Kier alpha value is -0.800. The molecule has 15 heavy (non-hydrogen) atoms. The number of benzene rings is 1. The molecule has 0 bridgehead atoms. The van der Waals surface area contributed by atoms with Gasteiger partial charge in [0.1, 0.15) is 6.29 Å². The second-order valence-corrected chi connectivity index (χ2v) is 6.11. The van der Waals surface area contributed by atoms with Gasteiger partial charge >= 0.3 is 0 Å². The summed E-state index contributed by atoms with van der Waals surface area (Å²) in [5, 5.41) is 0. The summed E-state index contributed by atoms with van der Waals surface area (Å²) in [7, 11) is 0. The van der Waals surface area contributed by atoms with E-state index >= 15 is 0 Å². The van der Waals surface area contributed by atoms with Crippen molar-refractivity contribution in [3.05, 3.63) is 35.4 Å². The Kier molecular flexibility index (Phi) is 4.36. The fraction of sp³-hybridized carbons (Fsp3) is 0.417. The van der Waals surface area contributed by atoms with Crippen molar-refractivity contribution < 1.29 is 4.79 Å². The summed E-state index contributed by atoms with van der Waals surface area (Å²) in [4.78, 5) is 10.4. The zero-order chi connectivity index (χ0) is 11.3. The van der Waals surface area contributed by atoms with E-state index in [0.29, 0.717) is 0 Å². The van der Waals surface area contributed by atoms with Crippen molar-refractivity contribution in [2.45, 2.75) is 32.1 Å². The number of aldehydes is 1. The molecule has 0 saturated carbocycles. The van der Waals surface area contributed by atoms with E-state index in [2.05, 4.69) is 25.5 Å². The van der Waals surface area contributed by atoms with Crippen molar-refractivity contribution in [2.24, 2.45) is 0 Å². The van der Waals surface area contributed by atoms with Gasteiger partial charge in [-0.2, -0.15) is 0 Å².